The normalized spacial score (nSPS) is 10.7. The van der Waals surface area contributed by atoms with E-state index in [1.165, 1.54) is 0 Å². The van der Waals surface area contributed by atoms with Gasteiger partial charge in [0.25, 0.3) is 0 Å². The summed E-state index contributed by atoms with van der Waals surface area (Å²) in [5.74, 6) is 0.805. The van der Waals surface area contributed by atoms with Crippen molar-refractivity contribution in [2.24, 2.45) is 0 Å². The van der Waals surface area contributed by atoms with Crippen molar-refractivity contribution in [2.45, 2.75) is 6.42 Å². The van der Waals surface area contributed by atoms with Crippen LogP contribution in [-0.2, 0) is 6.42 Å². The third-order valence-corrected chi connectivity index (χ3v) is 3.27. The minimum Gasteiger partial charge on any atom is -0.497 e. The molecule has 3 rings (SSSR count). The van der Waals surface area contributed by atoms with Gasteiger partial charge >= 0.3 is 5.63 Å². The van der Waals surface area contributed by atoms with Crippen LogP contribution in [0.15, 0.2) is 63.8 Å². The average Bonchev–Trinajstić information content (AvgIpc) is 2.49. The molecule has 0 fully saturated rings. The van der Waals surface area contributed by atoms with Gasteiger partial charge in [-0.25, -0.2) is 4.79 Å². The van der Waals surface area contributed by atoms with Crippen LogP contribution in [0.25, 0.3) is 11.0 Å². The van der Waals surface area contributed by atoms with Crippen LogP contribution in [0, 0.1) is 0 Å². The highest BCUT2D eigenvalue weighted by Crippen LogP contribution is 2.17. The Hall–Kier alpha value is -2.55. The third kappa shape index (κ3) is 2.43. The van der Waals surface area contributed by atoms with Crippen molar-refractivity contribution in [3.8, 4) is 5.75 Å². The second kappa shape index (κ2) is 5.21. The maximum Gasteiger partial charge on any atom is 0.339 e. The van der Waals surface area contributed by atoms with E-state index in [-0.39, 0.29) is 5.63 Å². The van der Waals surface area contributed by atoms with Crippen molar-refractivity contribution in [1.82, 2.24) is 0 Å². The van der Waals surface area contributed by atoms with Gasteiger partial charge in [-0.1, -0.05) is 30.3 Å². The van der Waals surface area contributed by atoms with Crippen molar-refractivity contribution in [3.63, 3.8) is 0 Å². The summed E-state index contributed by atoms with van der Waals surface area (Å²) in [5, 5.41) is 0.940. The summed E-state index contributed by atoms with van der Waals surface area (Å²) in [4.78, 5) is 12.0. The summed E-state index contributed by atoms with van der Waals surface area (Å²) in [6.07, 6.45) is 0.553. The highest BCUT2D eigenvalue weighted by molar-refractivity contribution is 5.76. The van der Waals surface area contributed by atoms with Gasteiger partial charge in [0.2, 0.25) is 0 Å². The molecule has 0 bridgehead atoms. The topological polar surface area (TPSA) is 39.4 Å². The first-order chi connectivity index (χ1) is 9.76. The molecule has 20 heavy (non-hydrogen) atoms. The molecule has 0 aliphatic heterocycles. The van der Waals surface area contributed by atoms with Crippen LogP contribution < -0.4 is 10.4 Å². The Morgan fingerprint density at radius 1 is 1.05 bits per heavy atom. The lowest BCUT2D eigenvalue weighted by Crippen LogP contribution is -2.07. The van der Waals surface area contributed by atoms with E-state index in [1.54, 1.807) is 13.2 Å². The van der Waals surface area contributed by atoms with E-state index >= 15 is 0 Å². The third-order valence-electron chi connectivity index (χ3n) is 3.27. The molecule has 3 nitrogen and oxygen atoms in total. The number of rotatable bonds is 3. The van der Waals surface area contributed by atoms with E-state index in [4.69, 9.17) is 9.15 Å². The molecule has 1 aromatic heterocycles. The summed E-state index contributed by atoms with van der Waals surface area (Å²) in [7, 11) is 1.63. The van der Waals surface area contributed by atoms with E-state index in [2.05, 4.69) is 0 Å². The molecule has 0 N–H and O–H groups in total. The molecule has 100 valence electrons. The molecule has 0 aliphatic rings. The lowest BCUT2D eigenvalue weighted by Gasteiger charge is -2.04. The molecule has 3 aromatic rings. The largest absolute Gasteiger partial charge is 0.497 e. The molecule has 2 aromatic carbocycles. The first kappa shape index (κ1) is 12.5. The first-order valence-corrected chi connectivity index (χ1v) is 6.41. The fourth-order valence-electron chi connectivity index (χ4n) is 2.19. The number of para-hydroxylation sites is 1. The molecule has 3 heteroatoms. The van der Waals surface area contributed by atoms with Crippen LogP contribution in [0.1, 0.15) is 11.1 Å². The Morgan fingerprint density at radius 2 is 1.80 bits per heavy atom. The number of ether oxygens (including phenoxy) is 1. The molecular weight excluding hydrogens is 252 g/mol. The molecule has 0 radical (unpaired) electrons. The summed E-state index contributed by atoms with van der Waals surface area (Å²) in [6.45, 7) is 0. The fourth-order valence-corrected chi connectivity index (χ4v) is 2.19. The zero-order chi connectivity index (χ0) is 13.9. The summed E-state index contributed by atoms with van der Waals surface area (Å²) in [5.41, 5.74) is 2.05. The van der Waals surface area contributed by atoms with Crippen LogP contribution in [0.3, 0.4) is 0 Å². The molecule has 0 amide bonds. The van der Waals surface area contributed by atoms with Crippen molar-refractivity contribution >= 4 is 11.0 Å². The molecule has 0 atom stereocenters. The molecule has 1 heterocycles. The fraction of sp³-hybridized carbons (Fsp3) is 0.118. The van der Waals surface area contributed by atoms with E-state index in [0.29, 0.717) is 17.6 Å². The molecule has 0 aliphatic carbocycles. The van der Waals surface area contributed by atoms with Crippen molar-refractivity contribution < 1.29 is 9.15 Å². The summed E-state index contributed by atoms with van der Waals surface area (Å²) < 4.78 is 10.5. The molecule has 0 unspecified atom stereocenters. The lowest BCUT2D eigenvalue weighted by atomic mass is 10.1. The predicted octanol–water partition coefficient (Wildman–Crippen LogP) is 3.39. The number of benzene rings is 2. The van der Waals surface area contributed by atoms with E-state index in [1.807, 2.05) is 48.5 Å². The van der Waals surface area contributed by atoms with Gasteiger partial charge in [-0.3, -0.25) is 0 Å². The Morgan fingerprint density at radius 3 is 2.55 bits per heavy atom. The predicted molar refractivity (Wildman–Crippen MR) is 78.3 cm³/mol. The monoisotopic (exact) mass is 266 g/mol. The van der Waals surface area contributed by atoms with Gasteiger partial charge in [0.05, 0.1) is 7.11 Å². The van der Waals surface area contributed by atoms with Crippen LogP contribution in [0.5, 0.6) is 5.75 Å². The smallest absolute Gasteiger partial charge is 0.339 e. The molecule has 0 saturated carbocycles. The Kier molecular flexibility index (Phi) is 3.25. The number of hydrogen-bond acceptors (Lipinski definition) is 3. The zero-order valence-electron chi connectivity index (χ0n) is 11.1. The van der Waals surface area contributed by atoms with Crippen LogP contribution in [0.2, 0.25) is 0 Å². The average molecular weight is 266 g/mol. The van der Waals surface area contributed by atoms with Gasteiger partial charge in [0.1, 0.15) is 11.3 Å². The Labute approximate surface area is 116 Å². The minimum atomic E-state index is -0.278. The maximum atomic E-state index is 12.0. The SMILES string of the molecule is COc1ccc(Cc2cc3ccccc3oc2=O)cc1. The second-order valence-corrected chi connectivity index (χ2v) is 4.62. The highest BCUT2D eigenvalue weighted by Gasteiger charge is 2.06. The van der Waals surface area contributed by atoms with Gasteiger partial charge < -0.3 is 9.15 Å². The molecular formula is C17H14O3. The van der Waals surface area contributed by atoms with Crippen LogP contribution >= 0.6 is 0 Å². The van der Waals surface area contributed by atoms with Gasteiger partial charge in [0, 0.05) is 17.4 Å². The quantitative estimate of drug-likeness (QED) is 0.682. The first-order valence-electron chi connectivity index (χ1n) is 6.41. The second-order valence-electron chi connectivity index (χ2n) is 4.62. The molecule has 0 saturated heterocycles. The zero-order valence-corrected chi connectivity index (χ0v) is 11.1. The van der Waals surface area contributed by atoms with Crippen LogP contribution in [-0.4, -0.2) is 7.11 Å². The molecule has 0 spiro atoms. The lowest BCUT2D eigenvalue weighted by molar-refractivity contribution is 0.414. The number of fused-ring (bicyclic) bond motifs is 1. The number of hydrogen-bond donors (Lipinski definition) is 0. The Bertz CT molecular complexity index is 785. The summed E-state index contributed by atoms with van der Waals surface area (Å²) >= 11 is 0. The van der Waals surface area contributed by atoms with E-state index in [0.717, 1.165) is 16.7 Å². The van der Waals surface area contributed by atoms with Gasteiger partial charge in [-0.05, 0) is 29.8 Å². The Balaban J connectivity index is 1.97. The highest BCUT2D eigenvalue weighted by atomic mass is 16.5. The minimum absolute atomic E-state index is 0.278. The maximum absolute atomic E-state index is 12.0. The van der Waals surface area contributed by atoms with Crippen molar-refractivity contribution in [1.29, 1.82) is 0 Å². The van der Waals surface area contributed by atoms with Gasteiger partial charge in [-0.15, -0.1) is 0 Å². The van der Waals surface area contributed by atoms with E-state index < -0.39 is 0 Å². The summed E-state index contributed by atoms with van der Waals surface area (Å²) in [6, 6.07) is 17.1. The standard InChI is InChI=1S/C17H14O3/c1-19-15-8-6-12(7-9-15)10-14-11-13-4-2-3-5-16(13)20-17(14)18/h2-9,11H,10H2,1H3. The van der Waals surface area contributed by atoms with Crippen molar-refractivity contribution in [2.75, 3.05) is 7.11 Å². The van der Waals surface area contributed by atoms with Crippen molar-refractivity contribution in [3.05, 3.63) is 76.1 Å². The van der Waals surface area contributed by atoms with Gasteiger partial charge in [-0.2, -0.15) is 0 Å². The van der Waals surface area contributed by atoms with Gasteiger partial charge in [0.15, 0.2) is 0 Å². The number of methoxy groups -OCH3 is 1. The van der Waals surface area contributed by atoms with E-state index in [9.17, 15) is 4.79 Å². The van der Waals surface area contributed by atoms with Crippen LogP contribution in [0.4, 0.5) is 0 Å².